The number of hydrogen-bond donors (Lipinski definition) is 1. The summed E-state index contributed by atoms with van der Waals surface area (Å²) in [5.41, 5.74) is 0.599. The van der Waals surface area contributed by atoms with Gasteiger partial charge in [-0.3, -0.25) is 9.59 Å². The van der Waals surface area contributed by atoms with Crippen molar-refractivity contribution >= 4 is 34.1 Å². The van der Waals surface area contributed by atoms with E-state index in [2.05, 4.69) is 15.3 Å². The van der Waals surface area contributed by atoms with Crippen molar-refractivity contribution in [1.82, 2.24) is 9.97 Å². The van der Waals surface area contributed by atoms with Crippen LogP contribution in [0.4, 0.5) is 11.6 Å². The molecule has 0 saturated carbocycles. The third-order valence-corrected chi connectivity index (χ3v) is 5.46. The molecule has 1 fully saturated rings. The maximum Gasteiger partial charge on any atom is 0.249 e. The quantitative estimate of drug-likeness (QED) is 0.662. The molecule has 1 amide bonds. The van der Waals surface area contributed by atoms with Crippen molar-refractivity contribution in [3.63, 3.8) is 0 Å². The number of Topliss-reactive ketones (excluding diaryl/α,β-unsaturated/α-hetero) is 1. The van der Waals surface area contributed by atoms with Gasteiger partial charge < -0.3 is 10.2 Å². The number of aromatic nitrogens is 2. The average Bonchev–Trinajstić information content (AvgIpc) is 2.80. The first-order valence-electron chi connectivity index (χ1n) is 9.91. The summed E-state index contributed by atoms with van der Waals surface area (Å²) in [6, 6.07) is 16.9. The number of ketones is 1. The SMILES string of the molecule is N#CC(C(=O)Nc1cccc2ccccc12)C(=O)C1CCN(c2ncccn2)CC1. The number of piperidine rings is 1. The van der Waals surface area contributed by atoms with Crippen molar-refractivity contribution in [3.05, 3.63) is 60.9 Å². The highest BCUT2D eigenvalue weighted by atomic mass is 16.2. The predicted molar refractivity (Wildman–Crippen MR) is 114 cm³/mol. The highest BCUT2D eigenvalue weighted by Gasteiger charge is 2.35. The van der Waals surface area contributed by atoms with Crippen molar-refractivity contribution < 1.29 is 9.59 Å². The van der Waals surface area contributed by atoms with Crippen LogP contribution in [0.25, 0.3) is 10.8 Å². The summed E-state index contributed by atoms with van der Waals surface area (Å²) in [4.78, 5) is 36.2. The van der Waals surface area contributed by atoms with Crippen molar-refractivity contribution in [2.45, 2.75) is 12.8 Å². The number of amides is 1. The second-order valence-corrected chi connectivity index (χ2v) is 7.29. The average molecular weight is 399 g/mol. The van der Waals surface area contributed by atoms with E-state index < -0.39 is 11.8 Å². The molecule has 4 rings (SSSR count). The van der Waals surface area contributed by atoms with Crippen molar-refractivity contribution in [1.29, 1.82) is 5.26 Å². The summed E-state index contributed by atoms with van der Waals surface area (Å²) in [6.07, 6.45) is 4.50. The second-order valence-electron chi connectivity index (χ2n) is 7.29. The molecule has 7 heteroatoms. The lowest BCUT2D eigenvalue weighted by atomic mass is 9.86. The highest BCUT2D eigenvalue weighted by molar-refractivity contribution is 6.12. The highest BCUT2D eigenvalue weighted by Crippen LogP contribution is 2.26. The lowest BCUT2D eigenvalue weighted by molar-refractivity contribution is -0.131. The molecule has 150 valence electrons. The Morgan fingerprint density at radius 3 is 2.47 bits per heavy atom. The van der Waals surface area contributed by atoms with Gasteiger partial charge in [0.05, 0.1) is 6.07 Å². The molecule has 1 aliphatic rings. The minimum Gasteiger partial charge on any atom is -0.341 e. The third-order valence-electron chi connectivity index (χ3n) is 5.46. The molecule has 1 atom stereocenters. The Morgan fingerprint density at radius 2 is 1.73 bits per heavy atom. The number of carbonyl (C=O) groups excluding carboxylic acids is 2. The van der Waals surface area contributed by atoms with Gasteiger partial charge in [-0.05, 0) is 30.4 Å². The van der Waals surface area contributed by atoms with Crippen LogP contribution in [0.15, 0.2) is 60.9 Å². The van der Waals surface area contributed by atoms with E-state index in [-0.39, 0.29) is 11.7 Å². The first kappa shape index (κ1) is 19.5. The fourth-order valence-electron chi connectivity index (χ4n) is 3.84. The van der Waals surface area contributed by atoms with Gasteiger partial charge in [-0.1, -0.05) is 36.4 Å². The van der Waals surface area contributed by atoms with Gasteiger partial charge in [0.15, 0.2) is 11.7 Å². The van der Waals surface area contributed by atoms with Crippen molar-refractivity contribution in [3.8, 4) is 6.07 Å². The van der Waals surface area contributed by atoms with Crippen LogP contribution in [0.1, 0.15) is 12.8 Å². The molecule has 0 spiro atoms. The molecular formula is C23H21N5O2. The number of rotatable bonds is 5. The molecule has 1 saturated heterocycles. The Labute approximate surface area is 174 Å². The lowest BCUT2D eigenvalue weighted by Gasteiger charge is -2.31. The van der Waals surface area contributed by atoms with Gasteiger partial charge >= 0.3 is 0 Å². The minimum atomic E-state index is -1.33. The smallest absolute Gasteiger partial charge is 0.249 e. The standard InChI is InChI=1S/C23H21N5O2/c24-15-19(22(30)27-20-8-3-6-16-5-1-2-7-18(16)20)21(29)17-9-13-28(14-10-17)23-25-11-4-12-26-23/h1-8,11-12,17,19H,9-10,13-14H2,(H,27,30). The zero-order chi connectivity index (χ0) is 20.9. The van der Waals surface area contributed by atoms with Gasteiger partial charge in [-0.15, -0.1) is 0 Å². The molecule has 2 aromatic carbocycles. The number of nitrogens with one attached hydrogen (secondary N) is 1. The molecular weight excluding hydrogens is 378 g/mol. The van der Waals surface area contributed by atoms with Crippen LogP contribution in [0, 0.1) is 23.2 Å². The van der Waals surface area contributed by atoms with E-state index in [9.17, 15) is 14.9 Å². The number of benzene rings is 2. The van der Waals surface area contributed by atoms with E-state index in [1.54, 1.807) is 24.5 Å². The minimum absolute atomic E-state index is 0.316. The predicted octanol–water partition coefficient (Wildman–Crippen LogP) is 3.19. The summed E-state index contributed by atoms with van der Waals surface area (Å²) < 4.78 is 0. The molecule has 1 unspecified atom stereocenters. The number of anilines is 2. The van der Waals surface area contributed by atoms with E-state index in [1.807, 2.05) is 47.4 Å². The summed E-state index contributed by atoms with van der Waals surface area (Å²) in [5.74, 6) is -1.91. The van der Waals surface area contributed by atoms with Gasteiger partial charge in [0.2, 0.25) is 11.9 Å². The molecule has 0 bridgehead atoms. The van der Waals surface area contributed by atoms with Gasteiger partial charge in [0, 0.05) is 42.5 Å². The van der Waals surface area contributed by atoms with Gasteiger partial charge in [0.1, 0.15) is 0 Å². The Hall–Kier alpha value is -3.79. The summed E-state index contributed by atoms with van der Waals surface area (Å²) >= 11 is 0. The number of fused-ring (bicyclic) bond motifs is 1. The van der Waals surface area contributed by atoms with Crippen LogP contribution in [0.2, 0.25) is 0 Å². The molecule has 0 aliphatic carbocycles. The van der Waals surface area contributed by atoms with Gasteiger partial charge in [-0.25, -0.2) is 9.97 Å². The first-order chi connectivity index (χ1) is 14.7. The summed E-state index contributed by atoms with van der Waals surface area (Å²) in [7, 11) is 0. The normalized spacial score (nSPS) is 15.4. The number of hydrogen-bond acceptors (Lipinski definition) is 6. The molecule has 1 N–H and O–H groups in total. The molecule has 1 aromatic heterocycles. The summed E-state index contributed by atoms with van der Waals surface area (Å²) in [5, 5.41) is 14.2. The second kappa shape index (κ2) is 8.70. The number of nitrogens with zero attached hydrogens (tertiary/aromatic N) is 4. The van der Waals surface area contributed by atoms with E-state index >= 15 is 0 Å². The van der Waals surface area contributed by atoms with Crippen molar-refractivity contribution in [2.24, 2.45) is 11.8 Å². The topological polar surface area (TPSA) is 99.0 Å². The number of carbonyl (C=O) groups is 2. The van der Waals surface area contributed by atoms with Crippen LogP contribution in [0.5, 0.6) is 0 Å². The lowest BCUT2D eigenvalue weighted by Crippen LogP contribution is -2.41. The molecule has 3 aromatic rings. The van der Waals surface area contributed by atoms with Crippen LogP contribution < -0.4 is 10.2 Å². The fraction of sp³-hybridized carbons (Fsp3) is 0.261. The molecule has 0 radical (unpaired) electrons. The third kappa shape index (κ3) is 3.98. The van der Waals surface area contributed by atoms with Gasteiger partial charge in [-0.2, -0.15) is 5.26 Å². The zero-order valence-electron chi connectivity index (χ0n) is 16.4. The van der Waals surface area contributed by atoms with Crippen LogP contribution in [-0.2, 0) is 9.59 Å². The molecule has 1 aliphatic heterocycles. The Bertz CT molecular complexity index is 1100. The summed E-state index contributed by atoms with van der Waals surface area (Å²) in [6.45, 7) is 1.23. The zero-order valence-corrected chi connectivity index (χ0v) is 16.4. The van der Waals surface area contributed by atoms with Crippen LogP contribution in [0.3, 0.4) is 0 Å². The van der Waals surface area contributed by atoms with E-state index in [0.717, 1.165) is 10.8 Å². The Morgan fingerprint density at radius 1 is 1.03 bits per heavy atom. The monoisotopic (exact) mass is 399 g/mol. The fourth-order valence-corrected chi connectivity index (χ4v) is 3.84. The Balaban J connectivity index is 1.43. The van der Waals surface area contributed by atoms with E-state index in [1.165, 1.54) is 0 Å². The van der Waals surface area contributed by atoms with Gasteiger partial charge in [0.25, 0.3) is 0 Å². The van der Waals surface area contributed by atoms with Crippen molar-refractivity contribution in [2.75, 3.05) is 23.3 Å². The number of nitriles is 1. The first-order valence-corrected chi connectivity index (χ1v) is 9.91. The molecule has 2 heterocycles. The van der Waals surface area contributed by atoms with E-state index in [0.29, 0.717) is 37.6 Å². The molecule has 7 nitrogen and oxygen atoms in total. The molecule has 30 heavy (non-hydrogen) atoms. The Kier molecular flexibility index (Phi) is 5.66. The van der Waals surface area contributed by atoms with Crippen LogP contribution in [-0.4, -0.2) is 34.7 Å². The van der Waals surface area contributed by atoms with E-state index in [4.69, 9.17) is 0 Å². The van der Waals surface area contributed by atoms with Crippen LogP contribution >= 0.6 is 0 Å². The largest absolute Gasteiger partial charge is 0.341 e. The maximum absolute atomic E-state index is 12.9. The maximum atomic E-state index is 12.9.